The molecular formula is C26H44BrNO12. The van der Waals surface area contributed by atoms with E-state index in [0.29, 0.717) is 131 Å². The van der Waals surface area contributed by atoms with Crippen LogP contribution in [0.2, 0.25) is 0 Å². The van der Waals surface area contributed by atoms with Gasteiger partial charge < -0.3 is 47.4 Å². The first-order chi connectivity index (χ1) is 19.7. The number of nitrogens with zero attached hydrogens (tertiary/aromatic N) is 1. The van der Waals surface area contributed by atoms with Gasteiger partial charge in [0.25, 0.3) is 5.69 Å². The van der Waals surface area contributed by atoms with E-state index in [4.69, 9.17) is 47.4 Å². The Morgan fingerprint density at radius 3 is 1.02 bits per heavy atom. The summed E-state index contributed by atoms with van der Waals surface area (Å²) in [7, 11) is 0. The number of hydrogen-bond donors (Lipinski definition) is 0. The van der Waals surface area contributed by atoms with Gasteiger partial charge in [-0.05, 0) is 12.1 Å². The SMILES string of the molecule is O=[N+]([O-])c1ccc(OCCOCCOCCOCCOCCOCCOCCOCCOCCOCCBr)cc1. The fraction of sp³-hybridized carbons (Fsp3) is 0.769. The summed E-state index contributed by atoms with van der Waals surface area (Å²) >= 11 is 3.29. The van der Waals surface area contributed by atoms with Crippen LogP contribution in [0.25, 0.3) is 0 Å². The third kappa shape index (κ3) is 24.3. The van der Waals surface area contributed by atoms with E-state index < -0.39 is 4.92 Å². The average molecular weight is 643 g/mol. The lowest BCUT2D eigenvalue weighted by Gasteiger charge is -2.09. The molecule has 14 heteroatoms. The van der Waals surface area contributed by atoms with Crippen molar-refractivity contribution in [2.75, 3.05) is 131 Å². The van der Waals surface area contributed by atoms with Crippen LogP contribution in [-0.2, 0) is 42.6 Å². The Morgan fingerprint density at radius 1 is 0.475 bits per heavy atom. The monoisotopic (exact) mass is 641 g/mol. The van der Waals surface area contributed by atoms with Crippen LogP contribution in [0.3, 0.4) is 0 Å². The summed E-state index contributed by atoms with van der Waals surface area (Å²) in [5.74, 6) is 0.558. The molecule has 0 saturated heterocycles. The van der Waals surface area contributed by atoms with E-state index in [1.54, 1.807) is 12.1 Å². The van der Waals surface area contributed by atoms with Crippen LogP contribution >= 0.6 is 15.9 Å². The lowest BCUT2D eigenvalue weighted by atomic mass is 10.3. The summed E-state index contributed by atoms with van der Waals surface area (Å²) in [6, 6.07) is 5.91. The van der Waals surface area contributed by atoms with E-state index in [2.05, 4.69) is 15.9 Å². The van der Waals surface area contributed by atoms with Gasteiger partial charge in [-0.1, -0.05) is 15.9 Å². The first kappa shape index (κ1) is 36.6. The van der Waals surface area contributed by atoms with Crippen molar-refractivity contribution in [3.63, 3.8) is 0 Å². The van der Waals surface area contributed by atoms with E-state index in [9.17, 15) is 10.1 Å². The first-order valence-corrected chi connectivity index (χ1v) is 14.5. The van der Waals surface area contributed by atoms with Gasteiger partial charge in [-0.15, -0.1) is 0 Å². The van der Waals surface area contributed by atoms with E-state index in [-0.39, 0.29) is 5.69 Å². The van der Waals surface area contributed by atoms with Crippen LogP contribution in [0, 0.1) is 10.1 Å². The maximum atomic E-state index is 10.6. The predicted molar refractivity (Wildman–Crippen MR) is 150 cm³/mol. The van der Waals surface area contributed by atoms with Crippen molar-refractivity contribution in [1.82, 2.24) is 0 Å². The molecule has 0 bridgehead atoms. The first-order valence-electron chi connectivity index (χ1n) is 13.4. The van der Waals surface area contributed by atoms with Crippen molar-refractivity contribution in [3.8, 4) is 5.75 Å². The summed E-state index contributed by atoms with van der Waals surface area (Å²) in [5.41, 5.74) is 0.0276. The van der Waals surface area contributed by atoms with Gasteiger partial charge in [0, 0.05) is 17.5 Å². The van der Waals surface area contributed by atoms with Crippen LogP contribution in [0.15, 0.2) is 24.3 Å². The maximum absolute atomic E-state index is 10.6. The topological polar surface area (TPSA) is 135 Å². The highest BCUT2D eigenvalue weighted by molar-refractivity contribution is 9.09. The molecule has 0 amide bonds. The van der Waals surface area contributed by atoms with Crippen LogP contribution in [0.4, 0.5) is 5.69 Å². The van der Waals surface area contributed by atoms with Gasteiger partial charge in [0.15, 0.2) is 0 Å². The molecule has 40 heavy (non-hydrogen) atoms. The Labute approximate surface area is 244 Å². The Balaban J connectivity index is 1.67. The zero-order valence-corrected chi connectivity index (χ0v) is 24.8. The molecule has 1 aromatic rings. The average Bonchev–Trinajstić information content (AvgIpc) is 2.96. The normalized spacial score (nSPS) is 11.2. The van der Waals surface area contributed by atoms with E-state index in [0.717, 1.165) is 5.33 Å². The second-order valence-corrected chi connectivity index (χ2v) is 8.59. The summed E-state index contributed by atoms with van der Waals surface area (Å²) < 4.78 is 54.1. The summed E-state index contributed by atoms with van der Waals surface area (Å²) in [5, 5.41) is 11.4. The van der Waals surface area contributed by atoms with Crippen LogP contribution in [-0.4, -0.2) is 136 Å². The second-order valence-electron chi connectivity index (χ2n) is 7.80. The molecule has 0 radical (unpaired) electrons. The van der Waals surface area contributed by atoms with Gasteiger partial charge in [0.1, 0.15) is 12.4 Å². The fourth-order valence-corrected chi connectivity index (χ4v) is 3.03. The van der Waals surface area contributed by atoms with E-state index >= 15 is 0 Å². The van der Waals surface area contributed by atoms with E-state index in [1.807, 2.05) is 0 Å². The largest absolute Gasteiger partial charge is 0.491 e. The number of nitro benzene ring substituents is 1. The zero-order valence-electron chi connectivity index (χ0n) is 23.2. The lowest BCUT2D eigenvalue weighted by molar-refractivity contribution is -0.384. The molecule has 0 aliphatic heterocycles. The number of hydrogen-bond acceptors (Lipinski definition) is 12. The Kier molecular flexibility index (Phi) is 26.6. The predicted octanol–water partition coefficient (Wildman–Crippen LogP) is 2.52. The molecule has 0 saturated carbocycles. The fourth-order valence-electron chi connectivity index (χ4n) is 2.80. The molecule has 0 aliphatic carbocycles. The highest BCUT2D eigenvalue weighted by Gasteiger charge is 2.04. The van der Waals surface area contributed by atoms with Gasteiger partial charge in [-0.3, -0.25) is 10.1 Å². The van der Waals surface area contributed by atoms with Gasteiger partial charge >= 0.3 is 0 Å². The van der Waals surface area contributed by atoms with Crippen molar-refractivity contribution in [1.29, 1.82) is 0 Å². The molecule has 232 valence electrons. The minimum atomic E-state index is -0.451. The number of ether oxygens (including phenoxy) is 10. The van der Waals surface area contributed by atoms with Crippen molar-refractivity contribution >= 4 is 21.6 Å². The lowest BCUT2D eigenvalue weighted by Crippen LogP contribution is -2.15. The van der Waals surface area contributed by atoms with Crippen molar-refractivity contribution in [2.45, 2.75) is 0 Å². The number of non-ortho nitro benzene ring substituents is 1. The van der Waals surface area contributed by atoms with Gasteiger partial charge in [-0.2, -0.15) is 0 Å². The Morgan fingerprint density at radius 2 is 0.750 bits per heavy atom. The van der Waals surface area contributed by atoms with E-state index in [1.165, 1.54) is 12.1 Å². The van der Waals surface area contributed by atoms with Crippen molar-refractivity contribution in [2.24, 2.45) is 0 Å². The van der Waals surface area contributed by atoms with Gasteiger partial charge in [0.05, 0.1) is 124 Å². The second kappa shape index (κ2) is 29.0. The minimum Gasteiger partial charge on any atom is -0.491 e. The van der Waals surface area contributed by atoms with Crippen molar-refractivity contribution < 1.29 is 52.3 Å². The molecule has 0 N–H and O–H groups in total. The number of nitro groups is 1. The molecule has 0 unspecified atom stereocenters. The summed E-state index contributed by atoms with van der Waals surface area (Å²) in [6.45, 7) is 9.54. The molecule has 0 aliphatic rings. The number of benzene rings is 1. The Bertz CT molecular complexity index is 686. The van der Waals surface area contributed by atoms with Gasteiger partial charge in [-0.25, -0.2) is 0 Å². The van der Waals surface area contributed by atoms with Gasteiger partial charge in [0.2, 0.25) is 0 Å². The molecule has 0 spiro atoms. The number of halogens is 1. The zero-order chi connectivity index (χ0) is 28.8. The molecule has 0 aromatic heterocycles. The number of alkyl halides is 1. The smallest absolute Gasteiger partial charge is 0.269 e. The third-order valence-electron chi connectivity index (χ3n) is 4.74. The summed E-state index contributed by atoms with van der Waals surface area (Å²) in [4.78, 5) is 10.2. The quantitative estimate of drug-likeness (QED) is 0.0510. The molecular weight excluding hydrogens is 598 g/mol. The van der Waals surface area contributed by atoms with Crippen LogP contribution in [0.1, 0.15) is 0 Å². The highest BCUT2D eigenvalue weighted by atomic mass is 79.9. The molecule has 0 fully saturated rings. The summed E-state index contributed by atoms with van der Waals surface area (Å²) in [6.07, 6.45) is 0. The number of rotatable bonds is 31. The molecule has 0 atom stereocenters. The molecule has 0 heterocycles. The molecule has 1 aromatic carbocycles. The van der Waals surface area contributed by atoms with Crippen molar-refractivity contribution in [3.05, 3.63) is 34.4 Å². The van der Waals surface area contributed by atoms with Crippen LogP contribution < -0.4 is 4.74 Å². The maximum Gasteiger partial charge on any atom is 0.269 e. The standard InChI is InChI=1S/C26H44BrNO12/c27-5-6-31-7-8-32-9-10-33-11-12-34-13-14-35-15-16-36-17-18-37-19-20-38-21-22-39-23-24-40-26-3-1-25(2-4-26)28(29)30/h1-4H,5-24H2. The molecule has 13 nitrogen and oxygen atoms in total. The minimum absolute atomic E-state index is 0.0276. The Hall–Kier alpha value is -1.46. The highest BCUT2D eigenvalue weighted by Crippen LogP contribution is 2.17. The third-order valence-corrected chi connectivity index (χ3v) is 5.07. The molecule has 1 rings (SSSR count). The van der Waals surface area contributed by atoms with Crippen LogP contribution in [0.5, 0.6) is 5.75 Å².